The number of benzene rings is 1. The number of amides is 1. The van der Waals surface area contributed by atoms with Crippen molar-refractivity contribution in [3.63, 3.8) is 0 Å². The molecule has 6 nitrogen and oxygen atoms in total. The van der Waals surface area contributed by atoms with E-state index in [0.29, 0.717) is 6.04 Å². The van der Waals surface area contributed by atoms with Crippen LogP contribution in [-0.2, 0) is 6.54 Å². The number of hydrogen-bond donors (Lipinski definition) is 0. The molecule has 0 bridgehead atoms. The van der Waals surface area contributed by atoms with E-state index < -0.39 is 0 Å². The van der Waals surface area contributed by atoms with E-state index in [1.165, 1.54) is 37.8 Å². The first-order valence-electron chi connectivity index (χ1n) is 10.4. The Morgan fingerprint density at radius 1 is 1.07 bits per heavy atom. The third-order valence-corrected chi connectivity index (χ3v) is 6.10. The molecule has 2 fully saturated rings. The van der Waals surface area contributed by atoms with Crippen LogP contribution in [-0.4, -0.2) is 58.5 Å². The molecule has 1 aliphatic carbocycles. The number of rotatable bonds is 5. The second kappa shape index (κ2) is 8.78. The van der Waals surface area contributed by atoms with Crippen LogP contribution in [0.3, 0.4) is 0 Å². The molecule has 2 heterocycles. The summed E-state index contributed by atoms with van der Waals surface area (Å²) in [5, 5.41) is 0. The molecule has 0 radical (unpaired) electrons. The number of carbonyl (C=O) groups excluding carboxylic acids is 1. The summed E-state index contributed by atoms with van der Waals surface area (Å²) in [6.45, 7) is 4.25. The first kappa shape index (κ1) is 19.0. The van der Waals surface area contributed by atoms with Crippen LogP contribution < -0.4 is 4.74 Å². The van der Waals surface area contributed by atoms with Gasteiger partial charge in [0.25, 0.3) is 5.91 Å². The molecule has 4 rings (SSSR count). The van der Waals surface area contributed by atoms with E-state index in [0.717, 1.165) is 44.0 Å². The molecule has 1 aromatic carbocycles. The Hall–Kier alpha value is -2.34. The van der Waals surface area contributed by atoms with Gasteiger partial charge in [0.15, 0.2) is 0 Å². The van der Waals surface area contributed by atoms with Gasteiger partial charge in [-0.1, -0.05) is 19.3 Å². The highest BCUT2D eigenvalue weighted by atomic mass is 16.5. The molecule has 1 saturated carbocycles. The van der Waals surface area contributed by atoms with Gasteiger partial charge in [0.2, 0.25) is 0 Å². The third-order valence-electron chi connectivity index (χ3n) is 6.10. The Morgan fingerprint density at radius 2 is 1.79 bits per heavy atom. The lowest BCUT2D eigenvalue weighted by molar-refractivity contribution is 0.0624. The van der Waals surface area contributed by atoms with E-state index in [2.05, 4.69) is 14.5 Å². The van der Waals surface area contributed by atoms with Gasteiger partial charge in [-0.2, -0.15) is 0 Å². The first-order chi connectivity index (χ1) is 13.7. The van der Waals surface area contributed by atoms with Crippen molar-refractivity contribution in [2.75, 3.05) is 33.3 Å². The van der Waals surface area contributed by atoms with Crippen LogP contribution in [0.2, 0.25) is 0 Å². The molecule has 0 atom stereocenters. The molecule has 0 spiro atoms. The standard InChI is InChI=1S/C22H30N4O2/c1-28-21-9-7-18(8-10-21)22(27)25-13-11-24(12-14-25)16-20-15-23-17-26(20)19-5-3-2-4-6-19/h7-10,15,17,19H,2-6,11-14,16H2,1H3. The second-order valence-corrected chi connectivity index (χ2v) is 7.88. The number of methoxy groups -OCH3 is 1. The van der Waals surface area contributed by atoms with Crippen molar-refractivity contribution in [3.05, 3.63) is 48.0 Å². The lowest BCUT2D eigenvalue weighted by Gasteiger charge is -2.35. The van der Waals surface area contributed by atoms with Crippen LogP contribution in [0.15, 0.2) is 36.8 Å². The molecule has 1 aromatic heterocycles. The fourth-order valence-corrected chi connectivity index (χ4v) is 4.40. The number of ether oxygens (including phenoxy) is 1. The molecule has 1 saturated heterocycles. The average Bonchev–Trinajstić information content (AvgIpc) is 3.22. The maximum absolute atomic E-state index is 12.7. The molecule has 150 valence electrons. The van der Waals surface area contributed by atoms with Crippen LogP contribution in [0.1, 0.15) is 54.2 Å². The van der Waals surface area contributed by atoms with E-state index in [-0.39, 0.29) is 5.91 Å². The van der Waals surface area contributed by atoms with Gasteiger partial charge in [-0.25, -0.2) is 4.98 Å². The van der Waals surface area contributed by atoms with Gasteiger partial charge >= 0.3 is 0 Å². The maximum atomic E-state index is 12.7. The number of hydrogen-bond acceptors (Lipinski definition) is 4. The number of aromatic nitrogens is 2. The maximum Gasteiger partial charge on any atom is 0.253 e. The van der Waals surface area contributed by atoms with E-state index in [9.17, 15) is 4.79 Å². The molecule has 1 amide bonds. The SMILES string of the molecule is COc1ccc(C(=O)N2CCN(Cc3cncn3C3CCCCC3)CC2)cc1. The summed E-state index contributed by atoms with van der Waals surface area (Å²) in [6, 6.07) is 7.99. The third kappa shape index (κ3) is 4.22. The second-order valence-electron chi connectivity index (χ2n) is 7.88. The van der Waals surface area contributed by atoms with Crippen molar-refractivity contribution in [1.29, 1.82) is 0 Å². The van der Waals surface area contributed by atoms with Crippen LogP contribution in [0.4, 0.5) is 0 Å². The van der Waals surface area contributed by atoms with Gasteiger partial charge < -0.3 is 14.2 Å². The van der Waals surface area contributed by atoms with Crippen LogP contribution in [0.25, 0.3) is 0 Å². The predicted octanol–water partition coefficient (Wildman–Crippen LogP) is 3.35. The largest absolute Gasteiger partial charge is 0.497 e. The monoisotopic (exact) mass is 382 g/mol. The topological polar surface area (TPSA) is 50.6 Å². The molecule has 1 aliphatic heterocycles. The Morgan fingerprint density at radius 3 is 2.46 bits per heavy atom. The minimum Gasteiger partial charge on any atom is -0.497 e. The molecule has 0 unspecified atom stereocenters. The van der Waals surface area contributed by atoms with E-state index in [4.69, 9.17) is 4.74 Å². The normalized spacial score (nSPS) is 19.0. The zero-order valence-electron chi connectivity index (χ0n) is 16.7. The van der Waals surface area contributed by atoms with Crippen LogP contribution in [0, 0.1) is 0 Å². The Balaban J connectivity index is 1.32. The smallest absolute Gasteiger partial charge is 0.253 e. The van der Waals surface area contributed by atoms with Gasteiger partial charge in [-0.05, 0) is 37.1 Å². The summed E-state index contributed by atoms with van der Waals surface area (Å²) in [6.07, 6.45) is 10.6. The van der Waals surface area contributed by atoms with E-state index >= 15 is 0 Å². The Labute approximate surface area is 167 Å². The fourth-order valence-electron chi connectivity index (χ4n) is 4.40. The highest BCUT2D eigenvalue weighted by molar-refractivity contribution is 5.94. The predicted molar refractivity (Wildman–Crippen MR) is 109 cm³/mol. The van der Waals surface area contributed by atoms with E-state index in [1.54, 1.807) is 7.11 Å². The highest BCUT2D eigenvalue weighted by Crippen LogP contribution is 2.29. The summed E-state index contributed by atoms with van der Waals surface area (Å²) in [7, 11) is 1.64. The van der Waals surface area contributed by atoms with Crippen molar-refractivity contribution in [1.82, 2.24) is 19.4 Å². The van der Waals surface area contributed by atoms with Crippen molar-refractivity contribution >= 4 is 5.91 Å². The number of carbonyl (C=O) groups is 1. The van der Waals surface area contributed by atoms with Gasteiger partial charge in [0.1, 0.15) is 5.75 Å². The van der Waals surface area contributed by atoms with Crippen LogP contribution >= 0.6 is 0 Å². The molecule has 2 aliphatic rings. The molecule has 6 heteroatoms. The first-order valence-corrected chi connectivity index (χ1v) is 10.4. The molecule has 28 heavy (non-hydrogen) atoms. The Kier molecular flexibility index (Phi) is 5.95. The highest BCUT2D eigenvalue weighted by Gasteiger charge is 2.24. The summed E-state index contributed by atoms with van der Waals surface area (Å²) in [5.74, 6) is 0.880. The van der Waals surface area contributed by atoms with Gasteiger partial charge in [0.05, 0.1) is 19.1 Å². The molecular weight excluding hydrogens is 352 g/mol. The fraction of sp³-hybridized carbons (Fsp3) is 0.545. The number of imidazole rings is 1. The quantitative estimate of drug-likeness (QED) is 0.796. The van der Waals surface area contributed by atoms with Gasteiger partial charge in [-0.3, -0.25) is 9.69 Å². The van der Waals surface area contributed by atoms with Crippen molar-refractivity contribution in [2.24, 2.45) is 0 Å². The zero-order valence-corrected chi connectivity index (χ0v) is 16.7. The van der Waals surface area contributed by atoms with Crippen molar-refractivity contribution < 1.29 is 9.53 Å². The van der Waals surface area contributed by atoms with Gasteiger partial charge in [-0.15, -0.1) is 0 Å². The minimum absolute atomic E-state index is 0.106. The molecular formula is C22H30N4O2. The van der Waals surface area contributed by atoms with Crippen molar-refractivity contribution in [3.8, 4) is 5.75 Å². The number of nitrogens with zero attached hydrogens (tertiary/aromatic N) is 4. The summed E-state index contributed by atoms with van der Waals surface area (Å²) in [5.41, 5.74) is 2.03. The molecule has 2 aromatic rings. The molecule has 0 N–H and O–H groups in total. The lowest BCUT2D eigenvalue weighted by atomic mass is 9.95. The number of piperazine rings is 1. The lowest BCUT2D eigenvalue weighted by Crippen LogP contribution is -2.48. The summed E-state index contributed by atoms with van der Waals surface area (Å²) >= 11 is 0. The Bertz CT molecular complexity index is 772. The van der Waals surface area contributed by atoms with Crippen molar-refractivity contribution in [2.45, 2.75) is 44.7 Å². The summed E-state index contributed by atoms with van der Waals surface area (Å²) < 4.78 is 7.57. The van der Waals surface area contributed by atoms with Crippen LogP contribution in [0.5, 0.6) is 5.75 Å². The average molecular weight is 383 g/mol. The summed E-state index contributed by atoms with van der Waals surface area (Å²) in [4.78, 5) is 21.6. The zero-order chi connectivity index (χ0) is 19.3. The van der Waals surface area contributed by atoms with E-state index in [1.807, 2.05) is 41.7 Å². The minimum atomic E-state index is 0.106. The van der Waals surface area contributed by atoms with Gasteiger partial charge in [0, 0.05) is 50.5 Å².